The van der Waals surface area contributed by atoms with Crippen LogP contribution in [-0.2, 0) is 18.3 Å². The zero-order valence-electron chi connectivity index (χ0n) is 23.8. The van der Waals surface area contributed by atoms with Crippen molar-refractivity contribution in [3.05, 3.63) is 87.7 Å². The number of aryl methyl sites for hydroxylation is 2. The topological polar surface area (TPSA) is 110 Å². The second-order valence-electron chi connectivity index (χ2n) is 10.8. The van der Waals surface area contributed by atoms with Crippen molar-refractivity contribution in [1.29, 1.82) is 5.26 Å². The Hall–Kier alpha value is -4.79. The van der Waals surface area contributed by atoms with Gasteiger partial charge >= 0.3 is 0 Å². The molecule has 0 radical (unpaired) electrons. The minimum atomic E-state index is -2.90. The molecule has 3 aromatic heterocycles. The van der Waals surface area contributed by atoms with Crippen LogP contribution in [0.15, 0.2) is 64.3 Å². The number of benzene rings is 2. The highest BCUT2D eigenvalue weighted by Gasteiger charge is 2.22. The van der Waals surface area contributed by atoms with E-state index in [1.807, 2.05) is 26.0 Å². The lowest BCUT2D eigenvalue weighted by Gasteiger charge is -2.31. The molecule has 1 saturated heterocycles. The van der Waals surface area contributed by atoms with Crippen molar-refractivity contribution in [2.45, 2.75) is 32.9 Å². The summed E-state index contributed by atoms with van der Waals surface area (Å²) in [5, 5.41) is 18.0. The van der Waals surface area contributed by atoms with E-state index in [2.05, 4.69) is 26.2 Å². The second kappa shape index (κ2) is 11.5. The quantitative estimate of drug-likeness (QED) is 0.252. The van der Waals surface area contributed by atoms with Crippen LogP contribution in [0.1, 0.15) is 35.7 Å². The monoisotopic (exact) mass is 582 g/mol. The van der Waals surface area contributed by atoms with Gasteiger partial charge in [-0.2, -0.15) is 5.26 Å². The molecule has 6 rings (SSSR count). The summed E-state index contributed by atoms with van der Waals surface area (Å²) in [6.07, 6.45) is 0.0222. The van der Waals surface area contributed by atoms with Crippen LogP contribution in [0.2, 0.25) is 0 Å². The number of ether oxygens (including phenoxy) is 1. The number of nitrogens with zero attached hydrogens (tertiary/aromatic N) is 6. The number of rotatable bonds is 6. The summed E-state index contributed by atoms with van der Waals surface area (Å²) in [4.78, 5) is 20.3. The number of halogens is 2. The lowest BCUT2D eigenvalue weighted by molar-refractivity contribution is -0.0212. The maximum atomic E-state index is 14.2. The van der Waals surface area contributed by atoms with Crippen molar-refractivity contribution in [3.8, 4) is 39.8 Å². The van der Waals surface area contributed by atoms with Crippen LogP contribution in [0.5, 0.6) is 0 Å². The number of morpholine rings is 1. The van der Waals surface area contributed by atoms with Crippen molar-refractivity contribution in [3.63, 3.8) is 0 Å². The van der Waals surface area contributed by atoms with Gasteiger partial charge in [-0.25, -0.2) is 13.8 Å². The molecule has 1 aliphatic heterocycles. The van der Waals surface area contributed by atoms with Crippen LogP contribution in [0.3, 0.4) is 0 Å². The van der Waals surface area contributed by atoms with Gasteiger partial charge in [0.05, 0.1) is 41.0 Å². The molecule has 0 unspecified atom stereocenters. The van der Waals surface area contributed by atoms with Crippen LogP contribution >= 0.6 is 0 Å². The minimum absolute atomic E-state index is 0.0572. The van der Waals surface area contributed by atoms with Crippen LogP contribution < -0.4 is 5.43 Å². The van der Waals surface area contributed by atoms with Gasteiger partial charge in [-0.1, -0.05) is 12.1 Å². The Labute approximate surface area is 246 Å². The summed E-state index contributed by atoms with van der Waals surface area (Å²) in [5.41, 5.74) is 3.28. The molecule has 0 amide bonds. The van der Waals surface area contributed by atoms with E-state index in [4.69, 9.17) is 9.15 Å². The molecule has 5 aromatic rings. The van der Waals surface area contributed by atoms with E-state index < -0.39 is 12.1 Å². The van der Waals surface area contributed by atoms with Crippen LogP contribution in [0, 0.1) is 18.3 Å². The van der Waals surface area contributed by atoms with E-state index in [0.717, 1.165) is 24.2 Å². The largest absolute Gasteiger partial charge is 0.463 e. The van der Waals surface area contributed by atoms with Gasteiger partial charge in [0, 0.05) is 32.2 Å². The number of alkyl halides is 2. The molecule has 0 bridgehead atoms. The van der Waals surface area contributed by atoms with Gasteiger partial charge in [0.15, 0.2) is 5.82 Å². The second-order valence-corrected chi connectivity index (χ2v) is 10.8. The molecule has 0 spiro atoms. The van der Waals surface area contributed by atoms with E-state index in [0.29, 0.717) is 52.2 Å². The number of hydrogen-bond acceptors (Lipinski definition) is 8. The Morgan fingerprint density at radius 3 is 2.70 bits per heavy atom. The maximum Gasteiger partial charge on any atom is 0.280 e. The van der Waals surface area contributed by atoms with Gasteiger partial charge < -0.3 is 13.7 Å². The Morgan fingerprint density at radius 1 is 1.14 bits per heavy atom. The maximum absolute atomic E-state index is 14.2. The molecule has 43 heavy (non-hydrogen) atoms. The molecule has 11 heteroatoms. The fourth-order valence-electron chi connectivity index (χ4n) is 5.59. The van der Waals surface area contributed by atoms with Crippen LogP contribution in [-0.4, -0.2) is 50.4 Å². The van der Waals surface area contributed by atoms with E-state index in [-0.39, 0.29) is 22.8 Å². The van der Waals surface area contributed by atoms with Crippen LogP contribution in [0.4, 0.5) is 8.78 Å². The van der Waals surface area contributed by atoms with Gasteiger partial charge in [0.25, 0.3) is 6.43 Å². The SMILES string of the molecule is Cc1cc(CN2CCO[C@H](C)C2)cc2c(=O)c(-c3cc(-c4ccc(C#N)cc4-c4nncn4C)cc(C(F)F)n3)coc12. The third-order valence-electron chi connectivity index (χ3n) is 7.61. The summed E-state index contributed by atoms with van der Waals surface area (Å²) in [6.45, 7) is 6.76. The summed E-state index contributed by atoms with van der Waals surface area (Å²) in [6, 6.07) is 13.7. The van der Waals surface area contributed by atoms with Gasteiger partial charge in [-0.05, 0) is 66.4 Å². The molecule has 2 aromatic carbocycles. The van der Waals surface area contributed by atoms with Crippen molar-refractivity contribution in [2.75, 3.05) is 19.7 Å². The van der Waals surface area contributed by atoms with E-state index in [9.17, 15) is 18.8 Å². The third-order valence-corrected chi connectivity index (χ3v) is 7.61. The minimum Gasteiger partial charge on any atom is -0.463 e. The molecule has 4 heterocycles. The first kappa shape index (κ1) is 28.3. The first-order valence-corrected chi connectivity index (χ1v) is 13.8. The Kier molecular flexibility index (Phi) is 7.56. The highest BCUT2D eigenvalue weighted by Crippen LogP contribution is 2.35. The molecule has 1 fully saturated rings. The van der Waals surface area contributed by atoms with E-state index >= 15 is 0 Å². The Bertz CT molecular complexity index is 1940. The van der Waals surface area contributed by atoms with Gasteiger partial charge in [0.1, 0.15) is 23.9 Å². The summed E-state index contributed by atoms with van der Waals surface area (Å²) in [5.74, 6) is 0.451. The lowest BCUT2D eigenvalue weighted by atomic mass is 9.95. The lowest BCUT2D eigenvalue weighted by Crippen LogP contribution is -2.40. The molecule has 0 aliphatic carbocycles. The normalized spacial score (nSPS) is 15.7. The number of nitriles is 1. The first-order chi connectivity index (χ1) is 20.7. The molecule has 1 aliphatic rings. The Balaban J connectivity index is 1.49. The highest BCUT2D eigenvalue weighted by molar-refractivity contribution is 5.86. The molecule has 218 valence electrons. The molecule has 1 atom stereocenters. The standard InChI is InChI=1S/C32H28F2N6O3/c1-18-8-21(15-40-6-7-42-19(2)14-40)10-25-29(41)26(16-43-30(18)25)27-11-22(12-28(37-27)31(33)34)23-5-4-20(13-35)9-24(23)32-38-36-17-39(32)3/h4-5,8-12,16-17,19,31H,6-7,14-15H2,1-3H3/t19-/m1/s1. The number of pyridine rings is 1. The van der Waals surface area contributed by atoms with E-state index in [1.165, 1.54) is 18.7 Å². The average Bonchev–Trinajstić information content (AvgIpc) is 3.42. The zero-order chi connectivity index (χ0) is 30.2. The predicted octanol–water partition coefficient (Wildman–Crippen LogP) is 5.66. The number of fused-ring (bicyclic) bond motifs is 1. The third kappa shape index (κ3) is 5.55. The fourth-order valence-corrected chi connectivity index (χ4v) is 5.59. The zero-order valence-corrected chi connectivity index (χ0v) is 23.8. The van der Waals surface area contributed by atoms with Gasteiger partial charge in [-0.15, -0.1) is 10.2 Å². The number of hydrogen-bond donors (Lipinski definition) is 0. The molecule has 0 saturated carbocycles. The highest BCUT2D eigenvalue weighted by atomic mass is 19.3. The van der Waals surface area contributed by atoms with Crippen LogP contribution in [0.25, 0.3) is 44.7 Å². The Morgan fingerprint density at radius 2 is 1.98 bits per heavy atom. The molecule has 9 nitrogen and oxygen atoms in total. The fraction of sp³-hybridized carbons (Fsp3) is 0.281. The van der Waals surface area contributed by atoms with Crippen molar-refractivity contribution in [1.82, 2.24) is 24.6 Å². The van der Waals surface area contributed by atoms with Gasteiger partial charge in [0.2, 0.25) is 5.43 Å². The summed E-state index contributed by atoms with van der Waals surface area (Å²) in [7, 11) is 1.75. The average molecular weight is 583 g/mol. The van der Waals surface area contributed by atoms with Crippen molar-refractivity contribution >= 4 is 11.0 Å². The summed E-state index contributed by atoms with van der Waals surface area (Å²) >= 11 is 0. The molecule has 0 N–H and O–H groups in total. The smallest absolute Gasteiger partial charge is 0.280 e. The van der Waals surface area contributed by atoms with Crippen molar-refractivity contribution < 1.29 is 17.9 Å². The predicted molar refractivity (Wildman–Crippen MR) is 156 cm³/mol. The van der Waals surface area contributed by atoms with Crippen molar-refractivity contribution in [2.24, 2.45) is 7.05 Å². The van der Waals surface area contributed by atoms with Gasteiger partial charge in [-0.3, -0.25) is 9.69 Å². The van der Waals surface area contributed by atoms with E-state index in [1.54, 1.807) is 35.9 Å². The first-order valence-electron chi connectivity index (χ1n) is 13.8. The number of aromatic nitrogens is 4. The summed E-state index contributed by atoms with van der Waals surface area (Å²) < 4.78 is 41.6. The molecular formula is C32H28F2N6O3. The molecular weight excluding hydrogens is 554 g/mol.